The van der Waals surface area contributed by atoms with E-state index in [1.54, 1.807) is 31.1 Å². The normalized spacial score (nSPS) is 10.4. The molecule has 9 heteroatoms. The van der Waals surface area contributed by atoms with Crippen molar-refractivity contribution in [3.05, 3.63) is 59.2 Å². The Morgan fingerprint density at radius 3 is 2.86 bits per heavy atom. The van der Waals surface area contributed by atoms with Gasteiger partial charge in [0.1, 0.15) is 24.0 Å². The van der Waals surface area contributed by atoms with Gasteiger partial charge >= 0.3 is 0 Å². The van der Waals surface area contributed by atoms with Gasteiger partial charge in [-0.05, 0) is 36.2 Å². The Morgan fingerprint density at radius 2 is 2.21 bits per heavy atom. The number of carbonyl (C=O) groups is 1. The summed E-state index contributed by atoms with van der Waals surface area (Å²) in [5, 5.41) is 24.6. The van der Waals surface area contributed by atoms with Gasteiger partial charge in [0, 0.05) is 31.4 Å². The highest BCUT2D eigenvalue weighted by atomic mass is 19.1. The quantitative estimate of drug-likeness (QED) is 0.659. The van der Waals surface area contributed by atoms with Crippen LogP contribution >= 0.6 is 0 Å². The number of hydrogen-bond acceptors (Lipinski definition) is 7. The van der Waals surface area contributed by atoms with Crippen molar-refractivity contribution >= 4 is 17.5 Å². The third-order valence-electron chi connectivity index (χ3n) is 4.33. The summed E-state index contributed by atoms with van der Waals surface area (Å²) in [5.41, 5.74) is 1.85. The number of aryl methyl sites for hydroxylation is 1. The summed E-state index contributed by atoms with van der Waals surface area (Å²) in [6, 6.07) is 7.81. The maximum absolute atomic E-state index is 14.4. The standard InChI is InChI=1S/C20H18FN5O3/c1-12-7-17(21)16(20(28)24-18-3-6-29-25-18)9-15(12)14-8-13(10-22)19(23-11-14)26(2)4-5-27/h3,6-9,11,27H,4-5H2,1-2H3,(H,24,25,28). The number of amides is 1. The van der Waals surface area contributed by atoms with Gasteiger partial charge in [-0.15, -0.1) is 0 Å². The molecule has 2 N–H and O–H groups in total. The van der Waals surface area contributed by atoms with Crippen molar-refractivity contribution in [2.75, 3.05) is 30.4 Å². The first-order chi connectivity index (χ1) is 13.9. The van der Waals surface area contributed by atoms with Gasteiger partial charge in [0.15, 0.2) is 5.82 Å². The molecule has 2 heterocycles. The SMILES string of the molecule is Cc1cc(F)c(C(=O)Nc2ccon2)cc1-c1cnc(N(C)CCO)c(C#N)c1. The van der Waals surface area contributed by atoms with Gasteiger partial charge in [0.2, 0.25) is 0 Å². The molecule has 0 atom stereocenters. The number of nitriles is 1. The molecule has 1 aromatic carbocycles. The van der Waals surface area contributed by atoms with Crippen LogP contribution in [0.2, 0.25) is 0 Å². The number of benzene rings is 1. The number of aliphatic hydroxyl groups is 1. The van der Waals surface area contributed by atoms with Crippen LogP contribution in [-0.4, -0.2) is 41.4 Å². The number of carbonyl (C=O) groups excluding carboxylic acids is 1. The molecule has 29 heavy (non-hydrogen) atoms. The molecule has 0 saturated heterocycles. The van der Waals surface area contributed by atoms with Gasteiger partial charge in [0.05, 0.1) is 17.7 Å². The lowest BCUT2D eigenvalue weighted by atomic mass is 9.97. The van der Waals surface area contributed by atoms with Crippen molar-refractivity contribution in [3.63, 3.8) is 0 Å². The number of pyridine rings is 1. The van der Waals surface area contributed by atoms with Crippen LogP contribution in [0.15, 0.2) is 41.2 Å². The molecule has 8 nitrogen and oxygen atoms in total. The van der Waals surface area contributed by atoms with Crippen molar-refractivity contribution in [2.24, 2.45) is 0 Å². The lowest BCUT2D eigenvalue weighted by Gasteiger charge is -2.18. The fraction of sp³-hybridized carbons (Fsp3) is 0.200. The monoisotopic (exact) mass is 395 g/mol. The van der Waals surface area contributed by atoms with Gasteiger partial charge in [-0.25, -0.2) is 9.37 Å². The first-order valence-corrected chi connectivity index (χ1v) is 8.69. The zero-order chi connectivity index (χ0) is 21.0. The number of hydrogen-bond donors (Lipinski definition) is 2. The third-order valence-corrected chi connectivity index (χ3v) is 4.33. The van der Waals surface area contributed by atoms with Crippen molar-refractivity contribution < 1.29 is 18.8 Å². The van der Waals surface area contributed by atoms with E-state index in [1.807, 2.05) is 0 Å². The van der Waals surface area contributed by atoms with Gasteiger partial charge in [-0.1, -0.05) is 5.16 Å². The first-order valence-electron chi connectivity index (χ1n) is 8.69. The number of aromatic nitrogens is 2. The average Bonchev–Trinajstić information content (AvgIpc) is 3.20. The van der Waals surface area contributed by atoms with Crippen LogP contribution in [0, 0.1) is 24.1 Å². The largest absolute Gasteiger partial charge is 0.395 e. The molecule has 3 rings (SSSR count). The minimum absolute atomic E-state index is 0.0775. The first kappa shape index (κ1) is 20.0. The number of rotatable bonds is 6. The maximum Gasteiger partial charge on any atom is 0.259 e. The fourth-order valence-electron chi connectivity index (χ4n) is 2.87. The molecule has 0 bridgehead atoms. The van der Waals surface area contributed by atoms with E-state index in [4.69, 9.17) is 5.11 Å². The highest BCUT2D eigenvalue weighted by Crippen LogP contribution is 2.29. The highest BCUT2D eigenvalue weighted by Gasteiger charge is 2.18. The highest BCUT2D eigenvalue weighted by molar-refractivity contribution is 6.04. The van der Waals surface area contributed by atoms with Crippen molar-refractivity contribution in [1.82, 2.24) is 10.1 Å². The van der Waals surface area contributed by atoms with Gasteiger partial charge in [-0.3, -0.25) is 4.79 Å². The number of likely N-dealkylation sites (N-methyl/N-ethyl adjacent to an activating group) is 1. The van der Waals surface area contributed by atoms with E-state index < -0.39 is 11.7 Å². The lowest BCUT2D eigenvalue weighted by molar-refractivity contribution is 0.102. The Bertz CT molecular complexity index is 1080. The van der Waals surface area contributed by atoms with Crippen LogP contribution in [0.5, 0.6) is 0 Å². The zero-order valence-electron chi connectivity index (χ0n) is 15.8. The predicted octanol–water partition coefficient (Wildman–Crippen LogP) is 2.74. The smallest absolute Gasteiger partial charge is 0.259 e. The summed E-state index contributed by atoms with van der Waals surface area (Å²) in [4.78, 5) is 18.4. The van der Waals surface area contributed by atoms with Crippen LogP contribution in [0.1, 0.15) is 21.5 Å². The minimum Gasteiger partial charge on any atom is -0.395 e. The van der Waals surface area contributed by atoms with E-state index in [0.29, 0.717) is 34.6 Å². The number of halogens is 1. The molecular weight excluding hydrogens is 377 g/mol. The second-order valence-corrected chi connectivity index (χ2v) is 6.34. The molecule has 0 aliphatic carbocycles. The Balaban J connectivity index is 2.00. The van der Waals surface area contributed by atoms with Crippen LogP contribution in [0.25, 0.3) is 11.1 Å². The lowest BCUT2D eigenvalue weighted by Crippen LogP contribution is -2.23. The number of aliphatic hydroxyl groups excluding tert-OH is 1. The molecule has 0 fully saturated rings. The Labute approximate surface area is 166 Å². The number of anilines is 2. The summed E-state index contributed by atoms with van der Waals surface area (Å²) >= 11 is 0. The maximum atomic E-state index is 14.4. The van der Waals surface area contributed by atoms with Crippen LogP contribution in [0.4, 0.5) is 16.0 Å². The molecule has 2 aromatic heterocycles. The predicted molar refractivity (Wildman–Crippen MR) is 104 cm³/mol. The van der Waals surface area contributed by atoms with E-state index in [-0.39, 0.29) is 18.0 Å². The average molecular weight is 395 g/mol. The minimum atomic E-state index is -0.681. The summed E-state index contributed by atoms with van der Waals surface area (Å²) in [7, 11) is 1.72. The second-order valence-electron chi connectivity index (χ2n) is 6.34. The molecule has 3 aromatic rings. The van der Waals surface area contributed by atoms with E-state index in [0.717, 1.165) is 0 Å². The van der Waals surface area contributed by atoms with E-state index in [1.165, 1.54) is 24.5 Å². The summed E-state index contributed by atoms with van der Waals surface area (Å²) < 4.78 is 19.1. The molecular formula is C20H18FN5O3. The topological polar surface area (TPSA) is 115 Å². The third kappa shape index (κ3) is 4.23. The Hall–Kier alpha value is -3.77. The molecule has 0 aliphatic heterocycles. The Kier molecular flexibility index (Phi) is 5.85. The summed E-state index contributed by atoms with van der Waals surface area (Å²) in [6.45, 7) is 1.95. The van der Waals surface area contributed by atoms with Crippen molar-refractivity contribution in [1.29, 1.82) is 5.26 Å². The number of nitrogens with one attached hydrogen (secondary N) is 1. The fourth-order valence-corrected chi connectivity index (χ4v) is 2.87. The van der Waals surface area contributed by atoms with E-state index >= 15 is 0 Å². The van der Waals surface area contributed by atoms with Crippen molar-refractivity contribution in [3.8, 4) is 17.2 Å². The van der Waals surface area contributed by atoms with Crippen molar-refractivity contribution in [2.45, 2.75) is 6.92 Å². The van der Waals surface area contributed by atoms with Crippen LogP contribution < -0.4 is 10.2 Å². The van der Waals surface area contributed by atoms with E-state index in [9.17, 15) is 14.4 Å². The zero-order valence-corrected chi connectivity index (χ0v) is 15.8. The van der Waals surface area contributed by atoms with E-state index in [2.05, 4.69) is 26.0 Å². The second kappa shape index (κ2) is 8.50. The van der Waals surface area contributed by atoms with Gasteiger partial charge < -0.3 is 19.8 Å². The molecule has 0 spiro atoms. The molecule has 148 valence electrons. The summed E-state index contributed by atoms with van der Waals surface area (Å²) in [5.74, 6) is -0.763. The van der Waals surface area contributed by atoms with Crippen LogP contribution in [-0.2, 0) is 0 Å². The van der Waals surface area contributed by atoms with Crippen LogP contribution in [0.3, 0.4) is 0 Å². The van der Waals surface area contributed by atoms with Gasteiger partial charge in [-0.2, -0.15) is 5.26 Å². The molecule has 0 radical (unpaired) electrons. The molecule has 0 saturated carbocycles. The molecule has 1 amide bonds. The number of nitrogens with zero attached hydrogens (tertiary/aromatic N) is 4. The Morgan fingerprint density at radius 1 is 1.41 bits per heavy atom. The molecule has 0 unspecified atom stereocenters. The summed E-state index contributed by atoms with van der Waals surface area (Å²) in [6.07, 6.45) is 2.83. The van der Waals surface area contributed by atoms with Gasteiger partial charge in [0.25, 0.3) is 5.91 Å². The molecule has 0 aliphatic rings.